The monoisotopic (exact) mass is 289 g/mol. The van der Waals surface area contributed by atoms with Crippen LogP contribution < -0.4 is 5.32 Å². The van der Waals surface area contributed by atoms with Gasteiger partial charge in [-0.2, -0.15) is 0 Å². The van der Waals surface area contributed by atoms with Crippen LogP contribution in [0.15, 0.2) is 0 Å². The lowest BCUT2D eigenvalue weighted by Crippen LogP contribution is -2.52. The molecule has 1 heterocycles. The average molecular weight is 289 g/mol. The molecule has 1 aliphatic rings. The summed E-state index contributed by atoms with van der Waals surface area (Å²) in [6, 6.07) is -2.00. The highest BCUT2D eigenvalue weighted by Gasteiger charge is 2.35. The minimum absolute atomic E-state index is 0.199. The quantitative estimate of drug-likeness (QED) is 0.761. The SMILES string of the molecule is CCN(C)C(=O)C(C)NC(=O)N1CSC[C@H]1C(=O)O. The molecule has 2 N–H and O–H groups in total. The van der Waals surface area contributed by atoms with Gasteiger partial charge in [0.25, 0.3) is 0 Å². The maximum Gasteiger partial charge on any atom is 0.327 e. The van der Waals surface area contributed by atoms with Crippen molar-refractivity contribution in [3.63, 3.8) is 0 Å². The summed E-state index contributed by atoms with van der Waals surface area (Å²) < 4.78 is 0. The number of carboxylic acids is 1. The summed E-state index contributed by atoms with van der Waals surface area (Å²) in [6.45, 7) is 3.98. The van der Waals surface area contributed by atoms with Gasteiger partial charge < -0.3 is 20.2 Å². The number of carboxylic acid groups (broad SMARTS) is 1. The average Bonchev–Trinajstić information content (AvgIpc) is 2.86. The minimum atomic E-state index is -1.02. The van der Waals surface area contributed by atoms with Crippen molar-refractivity contribution >= 4 is 29.7 Å². The highest BCUT2D eigenvalue weighted by atomic mass is 32.2. The molecule has 0 spiro atoms. The highest BCUT2D eigenvalue weighted by molar-refractivity contribution is 7.99. The largest absolute Gasteiger partial charge is 0.480 e. The first-order chi connectivity index (χ1) is 8.88. The smallest absolute Gasteiger partial charge is 0.327 e. The van der Waals surface area contributed by atoms with Gasteiger partial charge in [-0.05, 0) is 13.8 Å². The van der Waals surface area contributed by atoms with Gasteiger partial charge in [-0.3, -0.25) is 4.79 Å². The second kappa shape index (κ2) is 6.65. The van der Waals surface area contributed by atoms with Gasteiger partial charge in [-0.1, -0.05) is 0 Å². The van der Waals surface area contributed by atoms with E-state index in [-0.39, 0.29) is 5.91 Å². The van der Waals surface area contributed by atoms with Gasteiger partial charge in [0.15, 0.2) is 0 Å². The molecular weight excluding hydrogens is 270 g/mol. The zero-order chi connectivity index (χ0) is 14.6. The molecule has 0 saturated carbocycles. The van der Waals surface area contributed by atoms with Crippen molar-refractivity contribution in [1.82, 2.24) is 15.1 Å². The molecule has 1 saturated heterocycles. The molecule has 1 fully saturated rings. The van der Waals surface area contributed by atoms with Crippen LogP contribution in [0.4, 0.5) is 4.79 Å². The Morgan fingerprint density at radius 2 is 2.16 bits per heavy atom. The Kier molecular flexibility index (Phi) is 5.46. The van der Waals surface area contributed by atoms with Crippen LogP contribution in [-0.2, 0) is 9.59 Å². The van der Waals surface area contributed by atoms with Gasteiger partial charge in [-0.15, -0.1) is 11.8 Å². The lowest BCUT2D eigenvalue weighted by molar-refractivity contribution is -0.140. The Balaban J connectivity index is 2.59. The predicted molar refractivity (Wildman–Crippen MR) is 71.9 cm³/mol. The number of urea groups is 1. The van der Waals surface area contributed by atoms with Crippen molar-refractivity contribution in [2.75, 3.05) is 25.2 Å². The topological polar surface area (TPSA) is 90.0 Å². The second-order valence-electron chi connectivity index (χ2n) is 4.35. The van der Waals surface area contributed by atoms with E-state index >= 15 is 0 Å². The first kappa shape index (κ1) is 15.6. The number of nitrogens with zero attached hydrogens (tertiary/aromatic N) is 2. The standard InChI is InChI=1S/C11H19N3O4S/c1-4-13(3)9(15)7(2)12-11(18)14-6-19-5-8(14)10(16)17/h7-8H,4-6H2,1-3H3,(H,12,18)(H,16,17)/t7?,8-/m0/s1. The Hall–Kier alpha value is -1.44. The van der Waals surface area contributed by atoms with Crippen molar-refractivity contribution in [3.05, 3.63) is 0 Å². The summed E-state index contributed by atoms with van der Waals surface area (Å²) >= 11 is 1.38. The number of rotatable bonds is 4. The maximum atomic E-state index is 12.0. The fourth-order valence-corrected chi connectivity index (χ4v) is 2.81. The molecule has 8 heteroatoms. The molecule has 0 bridgehead atoms. The van der Waals surface area contributed by atoms with Crippen LogP contribution in [0.2, 0.25) is 0 Å². The molecule has 1 aliphatic heterocycles. The Morgan fingerprint density at radius 1 is 1.53 bits per heavy atom. The second-order valence-corrected chi connectivity index (χ2v) is 5.35. The van der Waals surface area contributed by atoms with Crippen LogP contribution in [0.1, 0.15) is 13.8 Å². The number of hydrogen-bond donors (Lipinski definition) is 2. The van der Waals surface area contributed by atoms with Gasteiger partial charge in [0.1, 0.15) is 12.1 Å². The number of thioether (sulfide) groups is 1. The molecule has 1 unspecified atom stereocenters. The van der Waals surface area contributed by atoms with E-state index in [9.17, 15) is 14.4 Å². The van der Waals surface area contributed by atoms with Gasteiger partial charge in [0.05, 0.1) is 5.88 Å². The van der Waals surface area contributed by atoms with E-state index < -0.39 is 24.1 Å². The number of likely N-dealkylation sites (N-methyl/N-ethyl adjacent to an activating group) is 1. The summed E-state index contributed by atoms with van der Waals surface area (Å²) in [5, 5.41) is 11.5. The highest BCUT2D eigenvalue weighted by Crippen LogP contribution is 2.20. The summed E-state index contributed by atoms with van der Waals surface area (Å²) in [5.41, 5.74) is 0. The van der Waals surface area contributed by atoms with Crippen molar-refractivity contribution in [1.29, 1.82) is 0 Å². The van der Waals surface area contributed by atoms with E-state index in [0.29, 0.717) is 18.2 Å². The summed E-state index contributed by atoms with van der Waals surface area (Å²) in [6.07, 6.45) is 0. The molecule has 0 aromatic rings. The van der Waals surface area contributed by atoms with E-state index in [1.165, 1.54) is 21.6 Å². The third kappa shape index (κ3) is 3.76. The van der Waals surface area contributed by atoms with Crippen LogP contribution >= 0.6 is 11.8 Å². The van der Waals surface area contributed by atoms with Crippen molar-refractivity contribution in [2.45, 2.75) is 25.9 Å². The third-order valence-electron chi connectivity index (χ3n) is 2.99. The first-order valence-electron chi connectivity index (χ1n) is 6.01. The molecule has 7 nitrogen and oxygen atoms in total. The van der Waals surface area contributed by atoms with Crippen LogP contribution in [-0.4, -0.2) is 70.1 Å². The molecule has 108 valence electrons. The van der Waals surface area contributed by atoms with Crippen molar-refractivity contribution < 1.29 is 19.5 Å². The van der Waals surface area contributed by atoms with E-state index in [2.05, 4.69) is 5.32 Å². The molecule has 1 rings (SSSR count). The summed E-state index contributed by atoms with van der Waals surface area (Å²) in [5.74, 6) is -0.521. The number of carbonyl (C=O) groups is 3. The summed E-state index contributed by atoms with van der Waals surface area (Å²) in [4.78, 5) is 37.5. The molecule has 2 atom stereocenters. The summed E-state index contributed by atoms with van der Waals surface area (Å²) in [7, 11) is 1.65. The lowest BCUT2D eigenvalue weighted by Gasteiger charge is -2.25. The fraction of sp³-hybridized carbons (Fsp3) is 0.727. The molecule has 19 heavy (non-hydrogen) atoms. The van der Waals surface area contributed by atoms with Gasteiger partial charge in [0.2, 0.25) is 5.91 Å². The van der Waals surface area contributed by atoms with E-state index in [1.54, 1.807) is 14.0 Å². The van der Waals surface area contributed by atoms with Crippen LogP contribution in [0.3, 0.4) is 0 Å². The fourth-order valence-electron chi connectivity index (χ4n) is 1.66. The molecule has 0 aromatic carbocycles. The molecule has 0 aromatic heterocycles. The zero-order valence-corrected chi connectivity index (χ0v) is 12.1. The Labute approximate surface area is 116 Å². The molecule has 0 radical (unpaired) electrons. The molecule has 0 aliphatic carbocycles. The predicted octanol–water partition coefficient (Wildman–Crippen LogP) is 0.0223. The van der Waals surface area contributed by atoms with Crippen molar-refractivity contribution in [2.24, 2.45) is 0 Å². The number of amides is 3. The van der Waals surface area contributed by atoms with E-state index in [4.69, 9.17) is 5.11 Å². The van der Waals surface area contributed by atoms with E-state index in [1.807, 2.05) is 6.92 Å². The number of aliphatic carboxylic acids is 1. The third-order valence-corrected chi connectivity index (χ3v) is 4.00. The van der Waals surface area contributed by atoms with Crippen LogP contribution in [0.5, 0.6) is 0 Å². The van der Waals surface area contributed by atoms with Gasteiger partial charge in [0, 0.05) is 19.3 Å². The minimum Gasteiger partial charge on any atom is -0.480 e. The van der Waals surface area contributed by atoms with E-state index in [0.717, 1.165) is 0 Å². The normalized spacial score (nSPS) is 19.9. The number of nitrogens with one attached hydrogen (secondary N) is 1. The van der Waals surface area contributed by atoms with Gasteiger partial charge in [-0.25, -0.2) is 9.59 Å². The first-order valence-corrected chi connectivity index (χ1v) is 7.16. The molecular formula is C11H19N3O4S. The zero-order valence-electron chi connectivity index (χ0n) is 11.3. The van der Waals surface area contributed by atoms with Crippen LogP contribution in [0.25, 0.3) is 0 Å². The Bertz CT molecular complexity index is 377. The van der Waals surface area contributed by atoms with Crippen molar-refractivity contribution in [3.8, 4) is 0 Å². The van der Waals surface area contributed by atoms with Crippen LogP contribution in [0, 0.1) is 0 Å². The van der Waals surface area contributed by atoms with Gasteiger partial charge >= 0.3 is 12.0 Å². The number of carbonyl (C=O) groups excluding carboxylic acids is 2. The lowest BCUT2D eigenvalue weighted by atomic mass is 10.3. The Morgan fingerprint density at radius 3 is 2.68 bits per heavy atom. The maximum absolute atomic E-state index is 12.0. The molecule has 3 amide bonds. The number of hydrogen-bond acceptors (Lipinski definition) is 4.